The molecule has 0 unspecified atom stereocenters. The van der Waals surface area contributed by atoms with Crippen molar-refractivity contribution in [1.29, 1.82) is 0 Å². The first-order valence-electron chi connectivity index (χ1n) is 7.96. The summed E-state index contributed by atoms with van der Waals surface area (Å²) in [4.78, 5) is 20.4. The molecule has 0 atom stereocenters. The van der Waals surface area contributed by atoms with Gasteiger partial charge in [-0.2, -0.15) is 0 Å². The van der Waals surface area contributed by atoms with E-state index in [1.807, 2.05) is 54.6 Å². The van der Waals surface area contributed by atoms with Crippen molar-refractivity contribution in [1.82, 2.24) is 15.3 Å². The predicted octanol–water partition coefficient (Wildman–Crippen LogP) is 3.49. The fraction of sp³-hybridized carbons (Fsp3) is 0.211. The van der Waals surface area contributed by atoms with Crippen molar-refractivity contribution in [3.05, 3.63) is 72.1 Å². The van der Waals surface area contributed by atoms with E-state index in [1.165, 1.54) is 0 Å². The third-order valence-corrected chi connectivity index (χ3v) is 3.61. The second-order valence-electron chi connectivity index (χ2n) is 5.44. The van der Waals surface area contributed by atoms with Gasteiger partial charge < -0.3 is 10.1 Å². The van der Waals surface area contributed by atoms with Crippen LogP contribution in [0.15, 0.2) is 60.8 Å². The zero-order valence-electron chi connectivity index (χ0n) is 13.3. The second kappa shape index (κ2) is 8.06. The van der Waals surface area contributed by atoms with E-state index in [9.17, 15) is 4.79 Å². The van der Waals surface area contributed by atoms with E-state index in [-0.39, 0.29) is 6.61 Å². The van der Waals surface area contributed by atoms with Gasteiger partial charge in [0.15, 0.2) is 5.65 Å². The first-order chi connectivity index (χ1) is 11.8. The lowest BCUT2D eigenvalue weighted by Gasteiger charge is -2.07. The van der Waals surface area contributed by atoms with Crippen molar-refractivity contribution in [2.75, 3.05) is 6.54 Å². The average molecular weight is 321 g/mol. The van der Waals surface area contributed by atoms with Gasteiger partial charge in [-0.1, -0.05) is 30.3 Å². The smallest absolute Gasteiger partial charge is 0.407 e. The van der Waals surface area contributed by atoms with Gasteiger partial charge in [0.1, 0.15) is 6.61 Å². The molecule has 1 N–H and O–H groups in total. The number of nitrogens with zero attached hydrogens (tertiary/aromatic N) is 2. The van der Waals surface area contributed by atoms with Gasteiger partial charge in [-0.15, -0.1) is 0 Å². The maximum absolute atomic E-state index is 11.6. The van der Waals surface area contributed by atoms with Crippen LogP contribution in [-0.4, -0.2) is 22.6 Å². The zero-order chi connectivity index (χ0) is 16.6. The van der Waals surface area contributed by atoms with E-state index in [0.717, 1.165) is 35.1 Å². The molecule has 0 radical (unpaired) electrons. The van der Waals surface area contributed by atoms with Crippen LogP contribution in [0.1, 0.15) is 17.7 Å². The Bertz CT molecular complexity index is 806. The number of fused-ring (bicyclic) bond motifs is 1. The summed E-state index contributed by atoms with van der Waals surface area (Å²) in [5.41, 5.74) is 2.70. The first-order valence-corrected chi connectivity index (χ1v) is 7.96. The minimum absolute atomic E-state index is 0.282. The molecule has 0 saturated heterocycles. The molecule has 1 amide bonds. The quantitative estimate of drug-likeness (QED) is 0.706. The number of hydrogen-bond acceptors (Lipinski definition) is 4. The highest BCUT2D eigenvalue weighted by Crippen LogP contribution is 2.10. The van der Waals surface area contributed by atoms with Gasteiger partial charge in [0, 0.05) is 23.8 Å². The maximum atomic E-state index is 11.6. The number of rotatable bonds is 6. The van der Waals surface area contributed by atoms with E-state index < -0.39 is 6.09 Å². The van der Waals surface area contributed by atoms with Gasteiger partial charge in [-0.25, -0.2) is 14.8 Å². The molecule has 2 heterocycles. The second-order valence-corrected chi connectivity index (χ2v) is 5.44. The Morgan fingerprint density at radius 2 is 1.92 bits per heavy atom. The highest BCUT2D eigenvalue weighted by molar-refractivity contribution is 5.74. The van der Waals surface area contributed by atoms with Crippen molar-refractivity contribution < 1.29 is 9.53 Å². The van der Waals surface area contributed by atoms with Gasteiger partial charge in [0.2, 0.25) is 0 Å². The predicted molar refractivity (Wildman–Crippen MR) is 92.5 cm³/mol. The fourth-order valence-electron chi connectivity index (χ4n) is 2.37. The van der Waals surface area contributed by atoms with Crippen molar-refractivity contribution in [3.8, 4) is 0 Å². The zero-order valence-corrected chi connectivity index (χ0v) is 13.3. The van der Waals surface area contributed by atoms with Crippen LogP contribution in [0.2, 0.25) is 0 Å². The third kappa shape index (κ3) is 4.52. The van der Waals surface area contributed by atoms with Gasteiger partial charge in [0.05, 0.1) is 0 Å². The molecule has 5 nitrogen and oxygen atoms in total. The lowest BCUT2D eigenvalue weighted by atomic mass is 10.2. The summed E-state index contributed by atoms with van der Waals surface area (Å²) in [5.74, 6) is 0. The number of alkyl carbamates (subject to hydrolysis) is 1. The molecular weight excluding hydrogens is 302 g/mol. The number of hydrogen-bond donors (Lipinski definition) is 1. The van der Waals surface area contributed by atoms with E-state index in [1.54, 1.807) is 6.20 Å². The first kappa shape index (κ1) is 15.9. The third-order valence-electron chi connectivity index (χ3n) is 3.61. The van der Waals surface area contributed by atoms with Gasteiger partial charge >= 0.3 is 6.09 Å². The van der Waals surface area contributed by atoms with Gasteiger partial charge in [-0.3, -0.25) is 0 Å². The standard InChI is InChI=1S/C19H19N3O2/c23-19(24-14-15-6-2-1-3-7-15)21-13-5-9-17-11-10-16-8-4-12-20-18(16)22-17/h1-4,6-8,10-12H,5,9,13-14H2,(H,21,23). The maximum Gasteiger partial charge on any atom is 0.407 e. The molecule has 0 aliphatic rings. The summed E-state index contributed by atoms with van der Waals surface area (Å²) in [5, 5.41) is 3.79. The Morgan fingerprint density at radius 3 is 2.79 bits per heavy atom. The molecule has 1 aromatic carbocycles. The monoisotopic (exact) mass is 321 g/mol. The summed E-state index contributed by atoms with van der Waals surface area (Å²) < 4.78 is 5.16. The summed E-state index contributed by atoms with van der Waals surface area (Å²) in [7, 11) is 0. The largest absolute Gasteiger partial charge is 0.445 e. The van der Waals surface area contributed by atoms with Gasteiger partial charge in [0.25, 0.3) is 0 Å². The summed E-state index contributed by atoms with van der Waals surface area (Å²) in [6.07, 6.45) is 2.92. The Morgan fingerprint density at radius 1 is 1.04 bits per heavy atom. The molecule has 0 saturated carbocycles. The average Bonchev–Trinajstić information content (AvgIpc) is 2.64. The molecule has 5 heteroatoms. The van der Waals surface area contributed by atoms with Crippen LogP contribution in [0.5, 0.6) is 0 Å². The number of benzene rings is 1. The molecule has 0 bridgehead atoms. The van der Waals surface area contributed by atoms with Crippen molar-refractivity contribution in [2.45, 2.75) is 19.4 Å². The Kier molecular flexibility index (Phi) is 5.35. The van der Waals surface area contributed by atoms with Crippen LogP contribution >= 0.6 is 0 Å². The van der Waals surface area contributed by atoms with Crippen LogP contribution in [0, 0.1) is 0 Å². The van der Waals surface area contributed by atoms with E-state index in [0.29, 0.717) is 6.54 Å². The summed E-state index contributed by atoms with van der Waals surface area (Å²) in [6.45, 7) is 0.833. The van der Waals surface area contributed by atoms with E-state index in [2.05, 4.69) is 15.3 Å². The Hall–Kier alpha value is -2.95. The molecule has 0 aliphatic heterocycles. The van der Waals surface area contributed by atoms with E-state index >= 15 is 0 Å². The minimum Gasteiger partial charge on any atom is -0.445 e. The number of carbonyl (C=O) groups excluding carboxylic acids is 1. The molecule has 3 aromatic rings. The molecule has 2 aromatic heterocycles. The van der Waals surface area contributed by atoms with Gasteiger partial charge in [-0.05, 0) is 42.7 Å². The lowest BCUT2D eigenvalue weighted by molar-refractivity contribution is 0.139. The van der Waals surface area contributed by atoms with Crippen molar-refractivity contribution >= 4 is 17.1 Å². The lowest BCUT2D eigenvalue weighted by Crippen LogP contribution is -2.25. The van der Waals surface area contributed by atoms with Crippen molar-refractivity contribution in [3.63, 3.8) is 0 Å². The normalized spacial score (nSPS) is 10.5. The highest BCUT2D eigenvalue weighted by Gasteiger charge is 2.03. The molecule has 0 aliphatic carbocycles. The number of aromatic nitrogens is 2. The minimum atomic E-state index is -0.396. The molecular formula is C19H19N3O2. The highest BCUT2D eigenvalue weighted by atomic mass is 16.5. The molecule has 3 rings (SSSR count). The molecule has 24 heavy (non-hydrogen) atoms. The van der Waals surface area contributed by atoms with Crippen LogP contribution in [0.4, 0.5) is 4.79 Å². The SMILES string of the molecule is O=C(NCCCc1ccc2cccnc2n1)OCc1ccccc1. The van der Waals surface area contributed by atoms with Crippen LogP contribution < -0.4 is 5.32 Å². The Balaban J connectivity index is 1.39. The molecule has 0 spiro atoms. The fourth-order valence-corrected chi connectivity index (χ4v) is 2.37. The summed E-state index contributed by atoms with van der Waals surface area (Å²) in [6, 6.07) is 17.5. The summed E-state index contributed by atoms with van der Waals surface area (Å²) >= 11 is 0. The number of ether oxygens (including phenoxy) is 1. The number of nitrogens with one attached hydrogen (secondary N) is 1. The molecule has 0 fully saturated rings. The van der Waals surface area contributed by atoms with E-state index in [4.69, 9.17) is 4.74 Å². The van der Waals surface area contributed by atoms with Crippen LogP contribution in [0.3, 0.4) is 0 Å². The number of pyridine rings is 2. The number of aryl methyl sites for hydroxylation is 1. The number of carbonyl (C=O) groups is 1. The topological polar surface area (TPSA) is 64.1 Å². The van der Waals surface area contributed by atoms with Crippen LogP contribution in [-0.2, 0) is 17.8 Å². The van der Waals surface area contributed by atoms with Crippen molar-refractivity contribution in [2.24, 2.45) is 0 Å². The molecule has 122 valence electrons. The number of amides is 1. The Labute approximate surface area is 140 Å². The van der Waals surface area contributed by atoms with Crippen LogP contribution in [0.25, 0.3) is 11.0 Å².